The predicted molar refractivity (Wildman–Crippen MR) is 96.1 cm³/mol. The van der Waals surface area contributed by atoms with E-state index in [1.165, 1.54) is 18.5 Å². The van der Waals surface area contributed by atoms with Crippen LogP contribution >= 0.6 is 11.6 Å². The highest BCUT2D eigenvalue weighted by Gasteiger charge is 2.19. The minimum absolute atomic E-state index is 0.0249. The number of anilines is 2. The number of benzene rings is 2. The number of rotatable bonds is 4. The van der Waals surface area contributed by atoms with Gasteiger partial charge in [-0.3, -0.25) is 4.98 Å². The number of pyridine rings is 1. The van der Waals surface area contributed by atoms with Gasteiger partial charge in [-0.15, -0.1) is 0 Å². The summed E-state index contributed by atoms with van der Waals surface area (Å²) in [5.74, 6) is -1.63. The van der Waals surface area contributed by atoms with Crippen molar-refractivity contribution >= 4 is 28.9 Å². The number of hydrogen-bond donors (Lipinski definition) is 2. The number of nitrogens with one attached hydrogen (secondary N) is 1. The Morgan fingerprint density at radius 2 is 1.88 bits per heavy atom. The maximum absolute atomic E-state index is 14.1. The van der Waals surface area contributed by atoms with E-state index < -0.39 is 11.8 Å². The van der Waals surface area contributed by atoms with Gasteiger partial charge in [0, 0.05) is 22.3 Å². The Kier molecular flexibility index (Phi) is 4.67. The molecule has 2 aromatic carbocycles. The Bertz CT molecular complexity index is 960. The van der Waals surface area contributed by atoms with Gasteiger partial charge in [-0.05, 0) is 30.7 Å². The highest BCUT2D eigenvalue weighted by molar-refractivity contribution is 6.33. The molecule has 0 unspecified atom stereocenters. The van der Waals surface area contributed by atoms with Gasteiger partial charge in [-0.2, -0.15) is 0 Å². The fraction of sp³-hybridized carbons (Fsp3) is 0.0526. The monoisotopic (exact) mass is 356 g/mol. The maximum Gasteiger partial charge on any atom is 0.338 e. The number of aromatic carboxylic acids is 1. The molecule has 0 saturated carbocycles. The second-order valence-corrected chi connectivity index (χ2v) is 5.91. The topological polar surface area (TPSA) is 62.2 Å². The van der Waals surface area contributed by atoms with Crippen LogP contribution < -0.4 is 5.32 Å². The average Bonchev–Trinajstić information content (AvgIpc) is 2.57. The van der Waals surface area contributed by atoms with Crippen LogP contribution in [0.1, 0.15) is 15.9 Å². The minimum Gasteiger partial charge on any atom is -0.478 e. The number of halogens is 2. The van der Waals surface area contributed by atoms with Crippen molar-refractivity contribution in [1.29, 1.82) is 0 Å². The summed E-state index contributed by atoms with van der Waals surface area (Å²) in [5, 5.41) is 12.9. The van der Waals surface area contributed by atoms with Crippen molar-refractivity contribution in [3.63, 3.8) is 0 Å². The van der Waals surface area contributed by atoms with Crippen LogP contribution in [0.4, 0.5) is 15.8 Å². The van der Waals surface area contributed by atoms with E-state index >= 15 is 0 Å². The molecule has 126 valence electrons. The number of carboxylic acid groups (broad SMARTS) is 1. The van der Waals surface area contributed by atoms with E-state index in [1.807, 2.05) is 0 Å². The molecule has 4 nitrogen and oxygen atoms in total. The molecular formula is C19H14ClFN2O2. The fourth-order valence-corrected chi connectivity index (χ4v) is 2.77. The van der Waals surface area contributed by atoms with Crippen LogP contribution in [0.15, 0.2) is 54.9 Å². The summed E-state index contributed by atoms with van der Waals surface area (Å²) in [7, 11) is 0. The van der Waals surface area contributed by atoms with Gasteiger partial charge >= 0.3 is 5.97 Å². The van der Waals surface area contributed by atoms with E-state index in [0.29, 0.717) is 16.1 Å². The Hall–Kier alpha value is -2.92. The summed E-state index contributed by atoms with van der Waals surface area (Å²) in [6, 6.07) is 11.5. The van der Waals surface area contributed by atoms with Gasteiger partial charge in [0.15, 0.2) is 0 Å². The van der Waals surface area contributed by atoms with Gasteiger partial charge in [0.2, 0.25) is 0 Å². The van der Waals surface area contributed by atoms with Crippen molar-refractivity contribution in [2.75, 3.05) is 5.32 Å². The van der Waals surface area contributed by atoms with Gasteiger partial charge < -0.3 is 10.4 Å². The number of aryl methyl sites for hydroxylation is 1. The van der Waals surface area contributed by atoms with Crippen LogP contribution in [-0.2, 0) is 0 Å². The van der Waals surface area contributed by atoms with E-state index in [1.54, 1.807) is 43.3 Å². The van der Waals surface area contributed by atoms with Crippen molar-refractivity contribution in [1.82, 2.24) is 4.98 Å². The molecule has 0 aliphatic heterocycles. The first kappa shape index (κ1) is 16.9. The number of aromatic nitrogens is 1. The van der Waals surface area contributed by atoms with Crippen molar-refractivity contribution in [3.8, 4) is 11.1 Å². The summed E-state index contributed by atoms with van der Waals surface area (Å²) in [6.07, 6.45) is 2.78. The van der Waals surface area contributed by atoms with E-state index in [-0.39, 0.29) is 16.9 Å². The lowest BCUT2D eigenvalue weighted by Crippen LogP contribution is -2.07. The third-order valence-corrected chi connectivity index (χ3v) is 4.05. The first-order valence-corrected chi connectivity index (χ1v) is 7.84. The smallest absolute Gasteiger partial charge is 0.338 e. The predicted octanol–water partition coefficient (Wildman–Crippen LogP) is 5.29. The van der Waals surface area contributed by atoms with Crippen molar-refractivity contribution in [2.45, 2.75) is 6.92 Å². The molecule has 1 aromatic heterocycles. The molecule has 0 spiro atoms. The highest BCUT2D eigenvalue weighted by atomic mass is 35.5. The lowest BCUT2D eigenvalue weighted by atomic mass is 10.0. The van der Waals surface area contributed by atoms with Crippen LogP contribution in [0.5, 0.6) is 0 Å². The van der Waals surface area contributed by atoms with E-state index in [2.05, 4.69) is 10.3 Å². The van der Waals surface area contributed by atoms with Gasteiger partial charge in [-0.1, -0.05) is 35.9 Å². The highest BCUT2D eigenvalue weighted by Crippen LogP contribution is 2.34. The molecule has 6 heteroatoms. The summed E-state index contributed by atoms with van der Waals surface area (Å²) in [5.41, 5.74) is 2.00. The molecule has 3 rings (SSSR count). The van der Waals surface area contributed by atoms with Gasteiger partial charge in [0.25, 0.3) is 0 Å². The second-order valence-electron chi connectivity index (χ2n) is 5.50. The summed E-state index contributed by atoms with van der Waals surface area (Å²) >= 11 is 6.19. The minimum atomic E-state index is -1.16. The van der Waals surface area contributed by atoms with Crippen molar-refractivity contribution in [2.24, 2.45) is 0 Å². The molecular weight excluding hydrogens is 343 g/mol. The average molecular weight is 357 g/mol. The van der Waals surface area contributed by atoms with Crippen LogP contribution in [-0.4, -0.2) is 16.1 Å². The van der Waals surface area contributed by atoms with Crippen molar-refractivity contribution in [3.05, 3.63) is 76.8 Å². The van der Waals surface area contributed by atoms with E-state index in [0.717, 1.165) is 5.56 Å². The third-order valence-electron chi connectivity index (χ3n) is 3.72. The molecule has 0 aliphatic carbocycles. The number of carboxylic acids is 1. The van der Waals surface area contributed by atoms with E-state index in [9.17, 15) is 14.3 Å². The molecule has 0 bridgehead atoms. The first-order valence-electron chi connectivity index (χ1n) is 7.46. The fourth-order valence-electron chi connectivity index (χ4n) is 2.54. The Balaban J connectivity index is 2.13. The molecule has 0 atom stereocenters. The number of carbonyl (C=O) groups is 1. The normalized spacial score (nSPS) is 10.5. The number of nitrogens with zero attached hydrogens (tertiary/aromatic N) is 1. The lowest BCUT2D eigenvalue weighted by Gasteiger charge is -2.14. The molecule has 0 amide bonds. The summed E-state index contributed by atoms with van der Waals surface area (Å²) in [6.45, 7) is 1.77. The van der Waals surface area contributed by atoms with Gasteiger partial charge in [-0.25, -0.2) is 9.18 Å². The van der Waals surface area contributed by atoms with Crippen LogP contribution in [0, 0.1) is 12.7 Å². The van der Waals surface area contributed by atoms with Crippen molar-refractivity contribution < 1.29 is 14.3 Å². The standard InChI is InChI=1S/C19H14ClFN2O2/c1-11-6-7-16(15(21)8-11)23-17-10-22-9-13(18(17)19(24)25)12-4-2-3-5-14(12)20/h2-10,23H,1H3,(H,24,25). The Labute approximate surface area is 148 Å². The van der Waals surface area contributed by atoms with E-state index in [4.69, 9.17) is 11.6 Å². The Morgan fingerprint density at radius 3 is 2.56 bits per heavy atom. The maximum atomic E-state index is 14.1. The lowest BCUT2D eigenvalue weighted by molar-refractivity contribution is 0.0698. The molecule has 3 aromatic rings. The molecule has 0 aliphatic rings. The third kappa shape index (κ3) is 3.46. The largest absolute Gasteiger partial charge is 0.478 e. The quantitative estimate of drug-likeness (QED) is 0.666. The Morgan fingerprint density at radius 1 is 1.12 bits per heavy atom. The molecule has 1 heterocycles. The van der Waals surface area contributed by atoms with Crippen LogP contribution in [0.2, 0.25) is 5.02 Å². The molecule has 2 N–H and O–H groups in total. The zero-order valence-corrected chi connectivity index (χ0v) is 14.0. The van der Waals surface area contributed by atoms with Gasteiger partial charge in [0.1, 0.15) is 5.82 Å². The van der Waals surface area contributed by atoms with Crippen LogP contribution in [0.3, 0.4) is 0 Å². The zero-order valence-electron chi connectivity index (χ0n) is 13.3. The van der Waals surface area contributed by atoms with Gasteiger partial charge in [0.05, 0.1) is 23.1 Å². The molecule has 0 radical (unpaired) electrons. The molecule has 0 saturated heterocycles. The first-order chi connectivity index (χ1) is 12.0. The van der Waals surface area contributed by atoms with Crippen LogP contribution in [0.25, 0.3) is 11.1 Å². The molecule has 0 fully saturated rings. The molecule has 25 heavy (non-hydrogen) atoms. The summed E-state index contributed by atoms with van der Waals surface area (Å²) in [4.78, 5) is 15.9. The second kappa shape index (κ2) is 6.91. The SMILES string of the molecule is Cc1ccc(Nc2cncc(-c3ccccc3Cl)c2C(=O)O)c(F)c1. The zero-order chi connectivity index (χ0) is 18.0. The summed E-state index contributed by atoms with van der Waals surface area (Å²) < 4.78 is 14.1. The number of hydrogen-bond acceptors (Lipinski definition) is 3.